The summed E-state index contributed by atoms with van der Waals surface area (Å²) >= 11 is 0. The van der Waals surface area contributed by atoms with E-state index in [1.54, 1.807) is 9.80 Å². The Kier molecular flexibility index (Phi) is 9.45. The van der Waals surface area contributed by atoms with Gasteiger partial charge in [0.25, 0.3) is 0 Å². The molecule has 19 heavy (non-hydrogen) atoms. The molecule has 0 spiro atoms. The quantitative estimate of drug-likeness (QED) is 0.737. The Balaban J connectivity index is 0.000000741. The van der Waals surface area contributed by atoms with Crippen molar-refractivity contribution in [3.8, 4) is 6.57 Å². The van der Waals surface area contributed by atoms with Gasteiger partial charge in [0.15, 0.2) is 0 Å². The number of hydrogen-bond donors (Lipinski definition) is 0. The van der Waals surface area contributed by atoms with E-state index in [-0.39, 0.29) is 18.4 Å². The number of carbonyl (C=O) groups is 2. The van der Waals surface area contributed by atoms with E-state index in [0.29, 0.717) is 32.7 Å². The highest BCUT2D eigenvalue weighted by molar-refractivity contribution is 5.85. The van der Waals surface area contributed by atoms with E-state index in [0.717, 1.165) is 13.0 Å². The minimum absolute atomic E-state index is 0.0496. The van der Waals surface area contributed by atoms with Crippen LogP contribution in [-0.2, 0) is 14.3 Å². The van der Waals surface area contributed by atoms with Crippen LogP contribution < -0.4 is 0 Å². The van der Waals surface area contributed by atoms with Crippen LogP contribution in [0.5, 0.6) is 0 Å². The zero-order chi connectivity index (χ0) is 14.7. The molecule has 108 valence electrons. The Morgan fingerprint density at radius 3 is 2.32 bits per heavy atom. The van der Waals surface area contributed by atoms with Gasteiger partial charge in [-0.2, -0.15) is 0 Å². The molecule has 0 aromatic rings. The summed E-state index contributed by atoms with van der Waals surface area (Å²) in [5.74, 6) is 0.158. The number of nitriles is 1. The standard InChI is InChI=1S/C10H16N2O3.C2H6.CHN/c13-9-2-1-3-12(9)8-10(14)11-4-6-15-7-5-11;2*1-2/h1-8H2;1-2H3;1H. The first kappa shape index (κ1) is 17.4. The molecule has 2 amide bonds. The SMILES string of the molecule is C#N.CC.O=C(CN1CCCC1=O)N1CCOCC1. The molecule has 0 unspecified atom stereocenters. The number of nitrogens with zero attached hydrogens (tertiary/aromatic N) is 3. The smallest absolute Gasteiger partial charge is 0.242 e. The fourth-order valence-electron chi connectivity index (χ4n) is 1.95. The van der Waals surface area contributed by atoms with Crippen LogP contribution in [0.15, 0.2) is 0 Å². The Morgan fingerprint density at radius 2 is 1.84 bits per heavy atom. The van der Waals surface area contributed by atoms with Crippen LogP contribution in [0.25, 0.3) is 0 Å². The normalized spacial score (nSPS) is 18.0. The van der Waals surface area contributed by atoms with Crippen LogP contribution in [0, 0.1) is 11.8 Å². The molecule has 6 nitrogen and oxygen atoms in total. The van der Waals surface area contributed by atoms with Crippen molar-refractivity contribution in [3.05, 3.63) is 0 Å². The first-order chi connectivity index (χ1) is 9.27. The minimum atomic E-state index is 0.0496. The lowest BCUT2D eigenvalue weighted by Gasteiger charge is -2.28. The highest BCUT2D eigenvalue weighted by Gasteiger charge is 2.25. The number of hydrogen-bond acceptors (Lipinski definition) is 4. The molecule has 0 aliphatic carbocycles. The summed E-state index contributed by atoms with van der Waals surface area (Å²) in [4.78, 5) is 26.5. The van der Waals surface area contributed by atoms with Crippen LogP contribution in [0.2, 0.25) is 0 Å². The van der Waals surface area contributed by atoms with Gasteiger partial charge in [-0.3, -0.25) is 9.59 Å². The van der Waals surface area contributed by atoms with Gasteiger partial charge < -0.3 is 14.5 Å². The second-order valence-electron chi connectivity index (χ2n) is 3.91. The predicted octanol–water partition coefficient (Wildman–Crippen LogP) is 0.634. The first-order valence-electron chi connectivity index (χ1n) is 6.66. The van der Waals surface area contributed by atoms with Gasteiger partial charge >= 0.3 is 0 Å². The zero-order valence-electron chi connectivity index (χ0n) is 11.8. The predicted molar refractivity (Wildman–Crippen MR) is 71.2 cm³/mol. The third kappa shape index (κ3) is 5.71. The van der Waals surface area contributed by atoms with E-state index in [4.69, 9.17) is 10.00 Å². The summed E-state index contributed by atoms with van der Waals surface area (Å²) in [6, 6.07) is 0. The van der Waals surface area contributed by atoms with E-state index in [2.05, 4.69) is 6.57 Å². The zero-order valence-corrected chi connectivity index (χ0v) is 11.8. The number of likely N-dealkylation sites (tertiary alicyclic amines) is 1. The molecule has 6 heteroatoms. The summed E-state index contributed by atoms with van der Waals surface area (Å²) in [7, 11) is 0. The number of rotatable bonds is 2. The van der Waals surface area contributed by atoms with E-state index < -0.39 is 0 Å². The van der Waals surface area contributed by atoms with Gasteiger partial charge in [0.05, 0.1) is 19.8 Å². The summed E-state index contributed by atoms with van der Waals surface area (Å²) < 4.78 is 5.17. The summed E-state index contributed by atoms with van der Waals surface area (Å²) in [5.41, 5.74) is 0. The van der Waals surface area contributed by atoms with E-state index in [1.165, 1.54) is 0 Å². The molecule has 0 radical (unpaired) electrons. The molecule has 0 saturated carbocycles. The van der Waals surface area contributed by atoms with Gasteiger partial charge in [0.2, 0.25) is 11.8 Å². The lowest BCUT2D eigenvalue weighted by Crippen LogP contribution is -2.46. The van der Waals surface area contributed by atoms with Crippen molar-refractivity contribution in [1.82, 2.24) is 9.80 Å². The third-order valence-corrected chi connectivity index (χ3v) is 2.86. The van der Waals surface area contributed by atoms with Crippen LogP contribution in [0.1, 0.15) is 26.7 Å². The Morgan fingerprint density at radius 1 is 1.26 bits per heavy atom. The van der Waals surface area contributed by atoms with Crippen LogP contribution >= 0.6 is 0 Å². The molecular weight excluding hydrogens is 246 g/mol. The first-order valence-corrected chi connectivity index (χ1v) is 6.66. The van der Waals surface area contributed by atoms with Crippen molar-refractivity contribution in [2.45, 2.75) is 26.7 Å². The van der Waals surface area contributed by atoms with Crippen LogP contribution in [-0.4, -0.2) is 61.0 Å². The second-order valence-corrected chi connectivity index (χ2v) is 3.91. The maximum Gasteiger partial charge on any atom is 0.242 e. The average molecular weight is 269 g/mol. The van der Waals surface area contributed by atoms with E-state index in [1.807, 2.05) is 13.8 Å². The highest BCUT2D eigenvalue weighted by Crippen LogP contribution is 2.10. The average Bonchev–Trinajstić information content (AvgIpc) is 2.89. The van der Waals surface area contributed by atoms with E-state index >= 15 is 0 Å². The fraction of sp³-hybridized carbons (Fsp3) is 0.769. The lowest BCUT2D eigenvalue weighted by atomic mass is 10.4. The summed E-state index contributed by atoms with van der Waals surface area (Å²) in [5, 5.41) is 6.50. The number of ether oxygens (including phenoxy) is 1. The summed E-state index contributed by atoms with van der Waals surface area (Å²) in [6.07, 6.45) is 1.48. The number of carbonyl (C=O) groups excluding carboxylic acids is 2. The maximum absolute atomic E-state index is 11.8. The second kappa shape index (κ2) is 10.3. The molecule has 2 saturated heterocycles. The number of amides is 2. The van der Waals surface area contributed by atoms with Crippen molar-refractivity contribution in [1.29, 1.82) is 5.26 Å². The largest absolute Gasteiger partial charge is 0.378 e. The fourth-order valence-corrected chi connectivity index (χ4v) is 1.95. The molecule has 0 bridgehead atoms. The van der Waals surface area contributed by atoms with Crippen molar-refractivity contribution in [2.24, 2.45) is 0 Å². The molecule has 0 N–H and O–H groups in total. The topological polar surface area (TPSA) is 73.6 Å². The van der Waals surface area contributed by atoms with E-state index in [9.17, 15) is 9.59 Å². The van der Waals surface area contributed by atoms with Crippen molar-refractivity contribution < 1.29 is 14.3 Å². The molecule has 2 fully saturated rings. The van der Waals surface area contributed by atoms with Gasteiger partial charge in [-0.15, -0.1) is 0 Å². The molecular formula is C13H23N3O3. The minimum Gasteiger partial charge on any atom is -0.378 e. The number of morpholine rings is 1. The monoisotopic (exact) mass is 269 g/mol. The lowest BCUT2D eigenvalue weighted by molar-refractivity contribution is -0.141. The van der Waals surface area contributed by atoms with Gasteiger partial charge in [-0.25, -0.2) is 5.26 Å². The molecule has 0 atom stereocenters. The molecule has 2 rings (SSSR count). The summed E-state index contributed by atoms with van der Waals surface area (Å²) in [6.45, 7) is 11.0. The van der Waals surface area contributed by atoms with Crippen molar-refractivity contribution in [2.75, 3.05) is 39.4 Å². The van der Waals surface area contributed by atoms with Gasteiger partial charge in [0, 0.05) is 32.6 Å². The van der Waals surface area contributed by atoms with Crippen molar-refractivity contribution in [3.63, 3.8) is 0 Å². The van der Waals surface area contributed by atoms with Gasteiger partial charge in [-0.1, -0.05) is 13.8 Å². The highest BCUT2D eigenvalue weighted by atomic mass is 16.5. The third-order valence-electron chi connectivity index (χ3n) is 2.86. The Bertz CT molecular complexity index is 299. The molecule has 0 aromatic carbocycles. The molecule has 2 aliphatic rings. The van der Waals surface area contributed by atoms with Gasteiger partial charge in [0.1, 0.15) is 0 Å². The molecule has 2 aliphatic heterocycles. The molecule has 2 heterocycles. The maximum atomic E-state index is 11.8. The Hall–Kier alpha value is -1.61. The molecule has 0 aromatic heterocycles. The van der Waals surface area contributed by atoms with Crippen LogP contribution in [0.4, 0.5) is 0 Å². The Labute approximate surface area is 114 Å². The van der Waals surface area contributed by atoms with Crippen LogP contribution in [0.3, 0.4) is 0 Å². The van der Waals surface area contributed by atoms with Gasteiger partial charge in [-0.05, 0) is 6.42 Å². The van der Waals surface area contributed by atoms with Crippen molar-refractivity contribution >= 4 is 11.8 Å².